The fourth-order valence-corrected chi connectivity index (χ4v) is 0.489. The molecule has 4 heteroatoms. The number of carbonyl (C=O) groups is 1. The van der Waals surface area contributed by atoms with E-state index in [4.69, 9.17) is 5.11 Å². The Morgan fingerprint density at radius 3 is 2.50 bits per heavy atom. The maximum absolute atomic E-state index is 10.1. The maximum Gasteiger partial charge on any atom is 0.354 e. The van der Waals surface area contributed by atoms with Crippen LogP contribution < -0.4 is 0 Å². The van der Waals surface area contributed by atoms with Crippen molar-refractivity contribution < 1.29 is 9.90 Å². The van der Waals surface area contributed by atoms with Crippen molar-refractivity contribution in [2.45, 2.75) is 0 Å². The van der Waals surface area contributed by atoms with Crippen LogP contribution in [0, 0.1) is 0 Å². The molecule has 0 bridgehead atoms. The van der Waals surface area contributed by atoms with Gasteiger partial charge in [-0.3, -0.25) is 0 Å². The number of carboxylic acids is 1. The molecular formula is C6H5InNO2. The molecule has 49 valence electrons. The first-order valence-electron chi connectivity index (χ1n) is 2.45. The second-order valence-electron chi connectivity index (χ2n) is 1.52. The van der Waals surface area contributed by atoms with E-state index in [1.54, 1.807) is 12.1 Å². The second-order valence-corrected chi connectivity index (χ2v) is 1.52. The van der Waals surface area contributed by atoms with Crippen molar-refractivity contribution in [1.82, 2.24) is 4.98 Å². The van der Waals surface area contributed by atoms with Gasteiger partial charge in [-0.2, -0.15) is 0 Å². The smallest absolute Gasteiger partial charge is 0.354 e. The zero-order chi connectivity index (χ0) is 6.69. The van der Waals surface area contributed by atoms with Crippen LogP contribution in [0.15, 0.2) is 24.4 Å². The summed E-state index contributed by atoms with van der Waals surface area (Å²) in [5, 5.41) is 8.32. The largest absolute Gasteiger partial charge is 0.477 e. The number of aromatic nitrogens is 1. The molecule has 10 heavy (non-hydrogen) atoms. The minimum absolute atomic E-state index is 0. The molecule has 1 rings (SSSR count). The third-order valence-electron chi connectivity index (χ3n) is 0.884. The molecule has 0 aliphatic carbocycles. The van der Waals surface area contributed by atoms with Crippen molar-refractivity contribution in [3.8, 4) is 0 Å². The summed E-state index contributed by atoms with van der Waals surface area (Å²) in [5.74, 6) is -0.990. The Morgan fingerprint density at radius 1 is 1.50 bits per heavy atom. The number of aromatic carboxylic acids is 1. The molecule has 1 heterocycles. The van der Waals surface area contributed by atoms with Crippen LogP contribution in [0.3, 0.4) is 0 Å². The number of pyridine rings is 1. The Labute approximate surface area is 76.9 Å². The Hall–Kier alpha value is -0.510. The summed E-state index contributed by atoms with van der Waals surface area (Å²) < 4.78 is 0. The number of nitrogens with zero attached hydrogens (tertiary/aromatic N) is 1. The van der Waals surface area contributed by atoms with Crippen LogP contribution in [0.1, 0.15) is 10.5 Å². The average molecular weight is 238 g/mol. The zero-order valence-electron chi connectivity index (χ0n) is 5.19. The van der Waals surface area contributed by atoms with Crippen LogP contribution in [0.4, 0.5) is 0 Å². The topological polar surface area (TPSA) is 50.2 Å². The van der Waals surface area contributed by atoms with Gasteiger partial charge in [0.2, 0.25) is 0 Å². The van der Waals surface area contributed by atoms with Crippen LogP contribution in [0.2, 0.25) is 0 Å². The number of hydrogen-bond donors (Lipinski definition) is 1. The summed E-state index contributed by atoms with van der Waals surface area (Å²) in [6.45, 7) is 0. The molecule has 0 aliphatic heterocycles. The first kappa shape index (κ1) is 9.49. The first-order chi connectivity index (χ1) is 4.30. The summed E-state index contributed by atoms with van der Waals surface area (Å²) in [7, 11) is 0. The van der Waals surface area contributed by atoms with Gasteiger partial charge in [0.05, 0.1) is 0 Å². The quantitative estimate of drug-likeness (QED) is 0.770. The minimum Gasteiger partial charge on any atom is -0.477 e. The first-order valence-corrected chi connectivity index (χ1v) is 2.45. The molecule has 0 saturated heterocycles. The van der Waals surface area contributed by atoms with Crippen LogP contribution in [-0.2, 0) is 0 Å². The van der Waals surface area contributed by atoms with Crippen LogP contribution >= 0.6 is 0 Å². The van der Waals surface area contributed by atoms with Crippen molar-refractivity contribution in [2.75, 3.05) is 0 Å². The van der Waals surface area contributed by atoms with Gasteiger partial charge in [-0.25, -0.2) is 9.78 Å². The number of hydrogen-bond acceptors (Lipinski definition) is 2. The molecule has 0 aromatic carbocycles. The van der Waals surface area contributed by atoms with Crippen molar-refractivity contribution >= 4 is 31.8 Å². The predicted molar refractivity (Wildman–Crippen MR) is 37.0 cm³/mol. The van der Waals surface area contributed by atoms with E-state index in [1.165, 1.54) is 12.3 Å². The van der Waals surface area contributed by atoms with Gasteiger partial charge in [-0.05, 0) is 12.1 Å². The van der Waals surface area contributed by atoms with Crippen molar-refractivity contribution in [3.63, 3.8) is 0 Å². The van der Waals surface area contributed by atoms with E-state index in [2.05, 4.69) is 4.98 Å². The van der Waals surface area contributed by atoms with Crippen LogP contribution in [0.5, 0.6) is 0 Å². The molecule has 0 saturated carbocycles. The van der Waals surface area contributed by atoms with E-state index in [9.17, 15) is 4.79 Å². The van der Waals surface area contributed by atoms with E-state index < -0.39 is 5.97 Å². The van der Waals surface area contributed by atoms with E-state index in [-0.39, 0.29) is 31.5 Å². The van der Waals surface area contributed by atoms with E-state index in [0.717, 1.165) is 0 Å². The molecule has 0 aliphatic rings. The van der Waals surface area contributed by atoms with Gasteiger partial charge < -0.3 is 5.11 Å². The van der Waals surface area contributed by atoms with Gasteiger partial charge in [0.25, 0.3) is 0 Å². The van der Waals surface area contributed by atoms with Gasteiger partial charge >= 0.3 is 5.97 Å². The summed E-state index contributed by atoms with van der Waals surface area (Å²) in [5.41, 5.74) is 0.0810. The Balaban J connectivity index is 0.000000810. The van der Waals surface area contributed by atoms with Crippen molar-refractivity contribution in [2.24, 2.45) is 0 Å². The van der Waals surface area contributed by atoms with E-state index in [0.29, 0.717) is 0 Å². The normalized spacial score (nSPS) is 8.00. The van der Waals surface area contributed by atoms with Gasteiger partial charge in [0.15, 0.2) is 0 Å². The summed E-state index contributed by atoms with van der Waals surface area (Å²) in [4.78, 5) is 13.7. The van der Waals surface area contributed by atoms with E-state index >= 15 is 0 Å². The molecule has 3 radical (unpaired) electrons. The van der Waals surface area contributed by atoms with Crippen molar-refractivity contribution in [3.05, 3.63) is 30.1 Å². The Kier molecular flexibility index (Phi) is 4.11. The van der Waals surface area contributed by atoms with Crippen LogP contribution in [-0.4, -0.2) is 41.9 Å². The van der Waals surface area contributed by atoms with E-state index in [1.807, 2.05) is 0 Å². The van der Waals surface area contributed by atoms with Gasteiger partial charge in [-0.15, -0.1) is 0 Å². The molecule has 0 fully saturated rings. The fourth-order valence-electron chi connectivity index (χ4n) is 0.489. The standard InChI is InChI=1S/C6H5NO2.In/c8-6(9)5-3-1-2-4-7-5;/h1-4H,(H,8,9);. The predicted octanol–water partition coefficient (Wildman–Crippen LogP) is 0.399. The summed E-state index contributed by atoms with van der Waals surface area (Å²) >= 11 is 0. The molecule has 0 atom stereocenters. The third kappa shape index (κ3) is 2.39. The maximum atomic E-state index is 10.1. The van der Waals surface area contributed by atoms with Crippen molar-refractivity contribution in [1.29, 1.82) is 0 Å². The van der Waals surface area contributed by atoms with Gasteiger partial charge in [0.1, 0.15) is 5.69 Å². The average Bonchev–Trinajstić information content (AvgIpc) is 1.90. The number of carboxylic acid groups (broad SMARTS) is 1. The molecule has 1 aromatic heterocycles. The summed E-state index contributed by atoms with van der Waals surface area (Å²) in [6.07, 6.45) is 1.45. The molecule has 0 spiro atoms. The Morgan fingerprint density at radius 2 is 2.20 bits per heavy atom. The molecular weight excluding hydrogens is 233 g/mol. The number of rotatable bonds is 1. The fraction of sp³-hybridized carbons (Fsp3) is 0. The van der Waals surface area contributed by atoms with Crippen LogP contribution in [0.25, 0.3) is 0 Å². The molecule has 0 amide bonds. The Bertz CT molecular complexity index is 212. The monoisotopic (exact) mass is 238 g/mol. The van der Waals surface area contributed by atoms with Gasteiger partial charge in [0, 0.05) is 32.0 Å². The second kappa shape index (κ2) is 4.33. The molecule has 1 aromatic rings. The third-order valence-corrected chi connectivity index (χ3v) is 0.884. The molecule has 0 unspecified atom stereocenters. The van der Waals surface area contributed by atoms with Gasteiger partial charge in [-0.1, -0.05) is 6.07 Å². The SMILES string of the molecule is O=C(O)c1ccccn1.[In]. The zero-order valence-corrected chi connectivity index (χ0v) is 8.49. The molecule has 3 nitrogen and oxygen atoms in total. The minimum atomic E-state index is -0.990. The summed E-state index contributed by atoms with van der Waals surface area (Å²) in [6, 6.07) is 4.76. The molecule has 1 N–H and O–H groups in total.